The van der Waals surface area contributed by atoms with Gasteiger partial charge < -0.3 is 19.4 Å². The van der Waals surface area contributed by atoms with Gasteiger partial charge in [-0.1, -0.05) is 12.1 Å². The van der Waals surface area contributed by atoms with Crippen LogP contribution < -0.4 is 0 Å². The Morgan fingerprint density at radius 2 is 1.77 bits per heavy atom. The average Bonchev–Trinajstić information content (AvgIpc) is 3.04. The number of morpholine rings is 1. The number of halogens is 1. The number of aryl methyl sites for hydroxylation is 1. The summed E-state index contributed by atoms with van der Waals surface area (Å²) < 4.78 is 24.2. The van der Waals surface area contributed by atoms with Crippen LogP contribution in [0.25, 0.3) is 11.1 Å². The summed E-state index contributed by atoms with van der Waals surface area (Å²) in [6, 6.07) is 5.38. The minimum Gasteiger partial charge on any atom is -0.462 e. The van der Waals surface area contributed by atoms with E-state index in [1.54, 1.807) is 13.8 Å². The van der Waals surface area contributed by atoms with Gasteiger partial charge >= 0.3 is 5.97 Å². The molecule has 0 radical (unpaired) electrons. The zero-order chi connectivity index (χ0) is 22.0. The van der Waals surface area contributed by atoms with Gasteiger partial charge in [-0.05, 0) is 45.4 Å². The fraction of sp³-hybridized carbons (Fsp3) is 0.409. The number of amides is 1. The number of ketones is 1. The summed E-state index contributed by atoms with van der Waals surface area (Å²) in [6.07, 6.45) is -0.384. The number of aromatic nitrogens is 1. The zero-order valence-electron chi connectivity index (χ0n) is 17.5. The summed E-state index contributed by atoms with van der Waals surface area (Å²) in [4.78, 5) is 43.1. The van der Waals surface area contributed by atoms with Crippen molar-refractivity contribution in [1.82, 2.24) is 9.88 Å². The normalized spacial score (nSPS) is 18.9. The van der Waals surface area contributed by atoms with Crippen LogP contribution in [-0.4, -0.2) is 59.4 Å². The molecule has 0 spiro atoms. The SMILES string of the molecule is CCOC(=O)c1c(C)[nH]c(C(=O)C(=O)N2C[C@@H](C)O[C@H](C)C2)c1-c1ccc(F)cc1. The lowest BCUT2D eigenvalue weighted by Crippen LogP contribution is -2.50. The quantitative estimate of drug-likeness (QED) is 0.460. The number of Topliss-reactive ketones (excluding diaryl/α,β-unsaturated/α-hetero) is 1. The summed E-state index contributed by atoms with van der Waals surface area (Å²) in [5.41, 5.74) is 1.21. The molecule has 8 heteroatoms. The van der Waals surface area contributed by atoms with Crippen LogP contribution in [0.2, 0.25) is 0 Å². The van der Waals surface area contributed by atoms with Crippen LogP contribution in [0.5, 0.6) is 0 Å². The highest BCUT2D eigenvalue weighted by atomic mass is 19.1. The van der Waals surface area contributed by atoms with Gasteiger partial charge in [0.2, 0.25) is 0 Å². The zero-order valence-corrected chi connectivity index (χ0v) is 17.5. The molecular formula is C22H25FN2O5. The third-order valence-corrected chi connectivity index (χ3v) is 4.93. The Morgan fingerprint density at radius 3 is 2.33 bits per heavy atom. The number of carbonyl (C=O) groups excluding carboxylic acids is 3. The highest BCUT2D eigenvalue weighted by molar-refractivity contribution is 6.43. The number of ether oxygens (including phenoxy) is 2. The standard InChI is InChI=1S/C22H25FN2O5/c1-5-29-22(28)17-14(4)24-19(18(17)15-6-8-16(23)9-7-15)20(26)21(27)25-10-12(2)30-13(3)11-25/h6-9,12-13,24H,5,10-11H2,1-4H3/t12-,13-/m1/s1. The second-order valence-electron chi connectivity index (χ2n) is 7.40. The summed E-state index contributed by atoms with van der Waals surface area (Å²) in [7, 11) is 0. The van der Waals surface area contributed by atoms with Crippen molar-refractivity contribution in [3.8, 4) is 11.1 Å². The summed E-state index contributed by atoms with van der Waals surface area (Å²) in [5, 5.41) is 0. The number of rotatable bonds is 5. The molecular weight excluding hydrogens is 391 g/mol. The van der Waals surface area contributed by atoms with Crippen molar-refractivity contribution in [1.29, 1.82) is 0 Å². The molecule has 1 aromatic carbocycles. The highest BCUT2D eigenvalue weighted by Gasteiger charge is 2.34. The van der Waals surface area contributed by atoms with E-state index in [9.17, 15) is 18.8 Å². The maximum atomic E-state index is 13.5. The summed E-state index contributed by atoms with van der Waals surface area (Å²) >= 11 is 0. The molecule has 1 fully saturated rings. The van der Waals surface area contributed by atoms with Gasteiger partial charge in [-0.15, -0.1) is 0 Å². The molecule has 2 heterocycles. The smallest absolute Gasteiger partial charge is 0.340 e. The molecule has 1 aliphatic rings. The number of hydrogen-bond acceptors (Lipinski definition) is 5. The van der Waals surface area contributed by atoms with Crippen molar-refractivity contribution in [2.45, 2.75) is 39.9 Å². The fourth-order valence-corrected chi connectivity index (χ4v) is 3.75. The van der Waals surface area contributed by atoms with E-state index in [0.29, 0.717) is 24.3 Å². The van der Waals surface area contributed by atoms with Crippen LogP contribution in [0.4, 0.5) is 4.39 Å². The van der Waals surface area contributed by atoms with E-state index < -0.39 is 23.5 Å². The second-order valence-corrected chi connectivity index (χ2v) is 7.40. The molecule has 1 aliphatic heterocycles. The van der Waals surface area contributed by atoms with Gasteiger partial charge in [-0.2, -0.15) is 0 Å². The molecule has 0 aliphatic carbocycles. The molecule has 2 atom stereocenters. The van der Waals surface area contributed by atoms with Crippen molar-refractivity contribution in [2.75, 3.05) is 19.7 Å². The lowest BCUT2D eigenvalue weighted by atomic mass is 9.98. The second kappa shape index (κ2) is 8.79. The highest BCUT2D eigenvalue weighted by Crippen LogP contribution is 2.32. The molecule has 3 rings (SSSR count). The van der Waals surface area contributed by atoms with Gasteiger partial charge in [0, 0.05) is 24.3 Å². The molecule has 0 saturated carbocycles. The van der Waals surface area contributed by atoms with Crippen molar-refractivity contribution in [2.24, 2.45) is 0 Å². The van der Waals surface area contributed by atoms with Crippen molar-refractivity contribution in [3.05, 3.63) is 47.0 Å². The Hall–Kier alpha value is -3.00. The van der Waals surface area contributed by atoms with E-state index in [4.69, 9.17) is 9.47 Å². The Balaban J connectivity index is 2.06. The third-order valence-electron chi connectivity index (χ3n) is 4.93. The lowest BCUT2D eigenvalue weighted by molar-refractivity contribution is -0.138. The number of aromatic amines is 1. The van der Waals surface area contributed by atoms with E-state index in [0.717, 1.165) is 0 Å². The first-order valence-corrected chi connectivity index (χ1v) is 9.87. The molecule has 1 amide bonds. The molecule has 1 N–H and O–H groups in total. The summed E-state index contributed by atoms with van der Waals surface area (Å²) in [5.74, 6) is -2.53. The molecule has 30 heavy (non-hydrogen) atoms. The number of hydrogen-bond donors (Lipinski definition) is 1. The number of nitrogens with one attached hydrogen (secondary N) is 1. The fourth-order valence-electron chi connectivity index (χ4n) is 3.75. The van der Waals surface area contributed by atoms with Crippen molar-refractivity contribution in [3.63, 3.8) is 0 Å². The van der Waals surface area contributed by atoms with Gasteiger partial charge in [0.05, 0.1) is 24.4 Å². The maximum absolute atomic E-state index is 13.5. The van der Waals surface area contributed by atoms with Crippen molar-refractivity contribution < 1.29 is 28.2 Å². The van der Waals surface area contributed by atoms with Crippen LogP contribution in [0.1, 0.15) is 47.3 Å². The first-order valence-electron chi connectivity index (χ1n) is 9.87. The molecule has 1 saturated heterocycles. The predicted octanol–water partition coefficient (Wildman–Crippen LogP) is 3.12. The average molecular weight is 416 g/mol. The van der Waals surface area contributed by atoms with E-state index in [1.807, 2.05) is 13.8 Å². The lowest BCUT2D eigenvalue weighted by Gasteiger charge is -2.34. The molecule has 160 valence electrons. The summed E-state index contributed by atoms with van der Waals surface area (Å²) in [6.45, 7) is 7.71. The van der Waals surface area contributed by atoms with E-state index in [2.05, 4.69) is 4.98 Å². The third kappa shape index (κ3) is 4.28. The molecule has 2 aromatic rings. The number of benzene rings is 1. The Labute approximate surface area is 174 Å². The van der Waals surface area contributed by atoms with Gasteiger partial charge in [-0.25, -0.2) is 9.18 Å². The number of carbonyl (C=O) groups is 3. The Bertz CT molecular complexity index is 957. The topological polar surface area (TPSA) is 88.7 Å². The van der Waals surface area contributed by atoms with Gasteiger partial charge in [0.15, 0.2) is 0 Å². The van der Waals surface area contributed by atoms with E-state index >= 15 is 0 Å². The van der Waals surface area contributed by atoms with Crippen LogP contribution in [0, 0.1) is 12.7 Å². The van der Waals surface area contributed by atoms with E-state index in [1.165, 1.54) is 29.2 Å². The predicted molar refractivity (Wildman–Crippen MR) is 108 cm³/mol. The van der Waals surface area contributed by atoms with Gasteiger partial charge in [0.25, 0.3) is 11.7 Å². The monoisotopic (exact) mass is 416 g/mol. The Kier molecular flexibility index (Phi) is 6.36. The first kappa shape index (κ1) is 21.7. The number of nitrogens with zero attached hydrogens (tertiary/aromatic N) is 1. The largest absolute Gasteiger partial charge is 0.462 e. The molecule has 0 unspecified atom stereocenters. The minimum atomic E-state index is -0.769. The van der Waals surface area contributed by atoms with Crippen LogP contribution >= 0.6 is 0 Å². The van der Waals surface area contributed by atoms with E-state index in [-0.39, 0.29) is 35.6 Å². The molecule has 1 aromatic heterocycles. The molecule has 7 nitrogen and oxygen atoms in total. The van der Waals surface area contributed by atoms with Gasteiger partial charge in [0.1, 0.15) is 11.5 Å². The first-order chi connectivity index (χ1) is 14.2. The maximum Gasteiger partial charge on any atom is 0.340 e. The number of H-pyrrole nitrogens is 1. The Morgan fingerprint density at radius 1 is 1.17 bits per heavy atom. The van der Waals surface area contributed by atoms with Crippen LogP contribution in [-0.2, 0) is 14.3 Å². The van der Waals surface area contributed by atoms with Gasteiger partial charge in [-0.3, -0.25) is 9.59 Å². The van der Waals surface area contributed by atoms with Crippen LogP contribution in [0.3, 0.4) is 0 Å². The number of esters is 1. The molecule has 0 bridgehead atoms. The minimum absolute atomic E-state index is 0.0149. The van der Waals surface area contributed by atoms with Crippen LogP contribution in [0.15, 0.2) is 24.3 Å². The van der Waals surface area contributed by atoms with Crippen molar-refractivity contribution >= 4 is 17.7 Å².